The molecule has 2 aliphatic rings. The Morgan fingerprint density at radius 1 is 1.14 bits per heavy atom. The van der Waals surface area contributed by atoms with Crippen molar-refractivity contribution in [1.29, 1.82) is 0 Å². The molecule has 0 aromatic heterocycles. The van der Waals surface area contributed by atoms with Crippen LogP contribution in [0.2, 0.25) is 0 Å². The first-order valence-electron chi connectivity index (χ1n) is 9.45. The van der Waals surface area contributed by atoms with Gasteiger partial charge in [-0.1, -0.05) is 30.3 Å². The number of cyclic esters (lactones) is 1. The van der Waals surface area contributed by atoms with Crippen LogP contribution in [0.1, 0.15) is 41.3 Å². The molecule has 2 aliphatic heterocycles. The molecule has 0 aliphatic carbocycles. The largest absolute Gasteiger partial charge is 0.445 e. The third-order valence-electron chi connectivity index (χ3n) is 5.34. The van der Waals surface area contributed by atoms with E-state index in [1.54, 1.807) is 24.0 Å². The number of nitrogens with one attached hydrogen (secondary N) is 1. The maximum absolute atomic E-state index is 12.7. The van der Waals surface area contributed by atoms with Crippen molar-refractivity contribution in [2.24, 2.45) is 0 Å². The van der Waals surface area contributed by atoms with Crippen LogP contribution in [0, 0.1) is 0 Å². The zero-order chi connectivity index (χ0) is 19.7. The third kappa shape index (κ3) is 3.38. The molecule has 1 fully saturated rings. The molecule has 1 saturated heterocycles. The standard InChI is InChI=1S/C22H22N2O4/c1-22(13-16-5-2-3-6-18(16)20(26)28-22)21(27)23-14-15-8-10-17(11-9-15)24-12-4-7-19(24)25/h2-3,5-6,8-11H,4,7,12-14H2,1H3,(H,23,27). The summed E-state index contributed by atoms with van der Waals surface area (Å²) in [6, 6.07) is 14.8. The van der Waals surface area contributed by atoms with Gasteiger partial charge in [0, 0.05) is 31.6 Å². The van der Waals surface area contributed by atoms with Crippen LogP contribution in [-0.2, 0) is 27.3 Å². The van der Waals surface area contributed by atoms with Crippen molar-refractivity contribution >= 4 is 23.5 Å². The lowest BCUT2D eigenvalue weighted by Crippen LogP contribution is -2.51. The first-order chi connectivity index (χ1) is 13.5. The van der Waals surface area contributed by atoms with Crippen molar-refractivity contribution in [2.75, 3.05) is 11.4 Å². The monoisotopic (exact) mass is 378 g/mol. The van der Waals surface area contributed by atoms with Crippen LogP contribution < -0.4 is 10.2 Å². The van der Waals surface area contributed by atoms with E-state index in [0.29, 0.717) is 24.9 Å². The Hall–Kier alpha value is -3.15. The Morgan fingerprint density at radius 2 is 1.89 bits per heavy atom. The first-order valence-corrected chi connectivity index (χ1v) is 9.45. The lowest BCUT2D eigenvalue weighted by molar-refractivity contribution is -0.140. The molecule has 1 atom stereocenters. The van der Waals surface area contributed by atoms with Gasteiger partial charge in [0.15, 0.2) is 5.60 Å². The average Bonchev–Trinajstić information content (AvgIpc) is 3.12. The number of carbonyl (C=O) groups excluding carboxylic acids is 3. The van der Waals surface area contributed by atoms with Crippen molar-refractivity contribution < 1.29 is 19.1 Å². The number of carbonyl (C=O) groups is 3. The molecule has 0 radical (unpaired) electrons. The fourth-order valence-electron chi connectivity index (χ4n) is 3.74. The van der Waals surface area contributed by atoms with Crippen LogP contribution in [0.5, 0.6) is 0 Å². The minimum Gasteiger partial charge on any atom is -0.445 e. The molecule has 1 unspecified atom stereocenters. The second kappa shape index (κ2) is 7.11. The van der Waals surface area contributed by atoms with Crippen LogP contribution in [0.3, 0.4) is 0 Å². The van der Waals surface area contributed by atoms with Gasteiger partial charge in [-0.15, -0.1) is 0 Å². The smallest absolute Gasteiger partial charge is 0.339 e. The second-order valence-electron chi connectivity index (χ2n) is 7.45. The van der Waals surface area contributed by atoms with Gasteiger partial charge in [0.05, 0.1) is 5.56 Å². The number of rotatable bonds is 4. The highest BCUT2D eigenvalue weighted by molar-refractivity contribution is 5.97. The van der Waals surface area contributed by atoms with Crippen molar-refractivity contribution in [3.63, 3.8) is 0 Å². The summed E-state index contributed by atoms with van der Waals surface area (Å²) < 4.78 is 5.45. The molecular formula is C22H22N2O4. The number of hydrogen-bond donors (Lipinski definition) is 1. The van der Waals surface area contributed by atoms with Crippen LogP contribution in [-0.4, -0.2) is 29.9 Å². The third-order valence-corrected chi connectivity index (χ3v) is 5.34. The zero-order valence-corrected chi connectivity index (χ0v) is 15.7. The molecule has 6 heteroatoms. The number of esters is 1. The summed E-state index contributed by atoms with van der Waals surface area (Å²) >= 11 is 0. The van der Waals surface area contributed by atoms with E-state index in [1.165, 1.54) is 0 Å². The number of fused-ring (bicyclic) bond motifs is 1. The number of ether oxygens (including phenoxy) is 1. The van der Waals surface area contributed by atoms with Gasteiger partial charge in [0.1, 0.15) is 0 Å². The normalized spacial score (nSPS) is 21.2. The van der Waals surface area contributed by atoms with Crippen LogP contribution in [0.4, 0.5) is 5.69 Å². The molecule has 2 aromatic rings. The van der Waals surface area contributed by atoms with Crippen molar-refractivity contribution in [3.8, 4) is 0 Å². The molecule has 4 rings (SSSR count). The van der Waals surface area contributed by atoms with Crippen LogP contribution in [0.15, 0.2) is 48.5 Å². The highest BCUT2D eigenvalue weighted by Gasteiger charge is 2.42. The Bertz CT molecular complexity index is 938. The molecular weight excluding hydrogens is 356 g/mol. The number of amides is 2. The zero-order valence-electron chi connectivity index (χ0n) is 15.7. The molecule has 6 nitrogen and oxygen atoms in total. The number of anilines is 1. The van der Waals surface area contributed by atoms with Gasteiger partial charge in [-0.05, 0) is 42.7 Å². The molecule has 28 heavy (non-hydrogen) atoms. The fourth-order valence-corrected chi connectivity index (χ4v) is 3.74. The predicted molar refractivity (Wildman–Crippen MR) is 104 cm³/mol. The SMILES string of the molecule is CC1(C(=O)NCc2ccc(N3CCCC3=O)cc2)Cc2ccccc2C(=O)O1. The Labute approximate surface area is 163 Å². The minimum absolute atomic E-state index is 0.147. The van der Waals surface area contributed by atoms with Crippen LogP contribution in [0.25, 0.3) is 0 Å². The summed E-state index contributed by atoms with van der Waals surface area (Å²) in [5.74, 6) is -0.651. The molecule has 0 saturated carbocycles. The topological polar surface area (TPSA) is 75.7 Å². The summed E-state index contributed by atoms with van der Waals surface area (Å²) in [6.07, 6.45) is 1.83. The van der Waals surface area contributed by atoms with E-state index in [1.807, 2.05) is 36.4 Å². The molecule has 0 bridgehead atoms. The van der Waals surface area contributed by atoms with Gasteiger partial charge in [0.2, 0.25) is 5.91 Å². The fraction of sp³-hybridized carbons (Fsp3) is 0.318. The highest BCUT2D eigenvalue weighted by atomic mass is 16.6. The highest BCUT2D eigenvalue weighted by Crippen LogP contribution is 2.28. The molecule has 1 N–H and O–H groups in total. The van der Waals surface area contributed by atoms with Gasteiger partial charge >= 0.3 is 5.97 Å². The van der Waals surface area contributed by atoms with E-state index in [0.717, 1.165) is 29.8 Å². The number of benzene rings is 2. The molecule has 2 amide bonds. The van der Waals surface area contributed by atoms with E-state index < -0.39 is 11.6 Å². The average molecular weight is 378 g/mol. The van der Waals surface area contributed by atoms with Crippen molar-refractivity contribution in [1.82, 2.24) is 5.32 Å². The van der Waals surface area contributed by atoms with Gasteiger partial charge in [0.25, 0.3) is 5.91 Å². The summed E-state index contributed by atoms with van der Waals surface area (Å²) in [4.78, 5) is 38.6. The second-order valence-corrected chi connectivity index (χ2v) is 7.45. The molecule has 2 heterocycles. The maximum atomic E-state index is 12.7. The Kier molecular flexibility index (Phi) is 4.63. The van der Waals surface area contributed by atoms with Gasteiger partial charge < -0.3 is 15.0 Å². The lowest BCUT2D eigenvalue weighted by atomic mass is 9.89. The lowest BCUT2D eigenvalue weighted by Gasteiger charge is -2.33. The Morgan fingerprint density at radius 3 is 2.61 bits per heavy atom. The summed E-state index contributed by atoms with van der Waals surface area (Å²) in [6.45, 7) is 2.71. The molecule has 2 aromatic carbocycles. The number of nitrogens with zero attached hydrogens (tertiary/aromatic N) is 1. The maximum Gasteiger partial charge on any atom is 0.339 e. The van der Waals surface area contributed by atoms with E-state index in [-0.39, 0.29) is 11.8 Å². The number of hydrogen-bond acceptors (Lipinski definition) is 4. The van der Waals surface area contributed by atoms with Gasteiger partial charge in [-0.3, -0.25) is 9.59 Å². The molecule has 144 valence electrons. The van der Waals surface area contributed by atoms with E-state index >= 15 is 0 Å². The van der Waals surface area contributed by atoms with Crippen molar-refractivity contribution in [2.45, 2.75) is 38.3 Å². The molecule has 0 spiro atoms. The first kappa shape index (κ1) is 18.2. The quantitative estimate of drug-likeness (QED) is 0.830. The van der Waals surface area contributed by atoms with E-state index in [4.69, 9.17) is 4.74 Å². The summed E-state index contributed by atoms with van der Waals surface area (Å²) in [7, 11) is 0. The summed E-state index contributed by atoms with van der Waals surface area (Å²) in [5, 5.41) is 2.86. The Balaban J connectivity index is 1.40. The summed E-state index contributed by atoms with van der Waals surface area (Å²) in [5.41, 5.74) is 1.89. The van der Waals surface area contributed by atoms with Crippen molar-refractivity contribution in [3.05, 3.63) is 65.2 Å². The minimum atomic E-state index is -1.23. The van der Waals surface area contributed by atoms with E-state index in [2.05, 4.69) is 5.32 Å². The van der Waals surface area contributed by atoms with E-state index in [9.17, 15) is 14.4 Å². The van der Waals surface area contributed by atoms with Gasteiger partial charge in [-0.2, -0.15) is 0 Å². The van der Waals surface area contributed by atoms with Crippen LogP contribution >= 0.6 is 0 Å². The van der Waals surface area contributed by atoms with Gasteiger partial charge in [-0.25, -0.2) is 4.79 Å². The predicted octanol–water partition coefficient (Wildman–Crippen LogP) is 2.60.